The van der Waals surface area contributed by atoms with Crippen molar-refractivity contribution >= 4 is 17.6 Å². The first kappa shape index (κ1) is 13.5. The lowest BCUT2D eigenvalue weighted by atomic mass is 9.68. The number of carboxylic acids is 1. The minimum Gasteiger partial charge on any atom is -0.478 e. The molecule has 6 heteroatoms. The Morgan fingerprint density at radius 3 is 2.53 bits per heavy atom. The molecule has 0 bridgehead atoms. The SMILES string of the molecule is NCC1(C(=O)Nc2ccc(C(=O)O)c(F)c2)CCC1. The molecule has 0 heterocycles. The molecule has 1 saturated carbocycles. The molecule has 1 aliphatic rings. The van der Waals surface area contributed by atoms with Crippen LogP contribution in [-0.4, -0.2) is 23.5 Å². The van der Waals surface area contributed by atoms with Gasteiger partial charge in [0, 0.05) is 12.2 Å². The predicted octanol–water partition coefficient (Wildman–Crippen LogP) is 1.59. The standard InChI is InChI=1S/C13H15FN2O3/c14-10-6-8(2-3-9(10)11(17)18)16-12(19)13(7-15)4-1-5-13/h2-3,6H,1,4-5,7,15H2,(H,16,19)(H,17,18). The number of benzene rings is 1. The van der Waals surface area contributed by atoms with Crippen LogP contribution in [0.3, 0.4) is 0 Å². The van der Waals surface area contributed by atoms with Crippen molar-refractivity contribution in [1.29, 1.82) is 0 Å². The van der Waals surface area contributed by atoms with Crippen LogP contribution in [-0.2, 0) is 4.79 Å². The van der Waals surface area contributed by atoms with E-state index in [0.29, 0.717) is 0 Å². The number of halogens is 1. The van der Waals surface area contributed by atoms with Gasteiger partial charge in [0.25, 0.3) is 0 Å². The molecule has 1 amide bonds. The summed E-state index contributed by atoms with van der Waals surface area (Å²) in [4.78, 5) is 22.7. The summed E-state index contributed by atoms with van der Waals surface area (Å²) in [6.45, 7) is 0.258. The molecule has 0 radical (unpaired) electrons. The van der Waals surface area contributed by atoms with Gasteiger partial charge in [-0.2, -0.15) is 0 Å². The third-order valence-electron chi connectivity index (χ3n) is 3.64. The second-order valence-electron chi connectivity index (χ2n) is 4.79. The van der Waals surface area contributed by atoms with Crippen molar-refractivity contribution in [2.24, 2.45) is 11.1 Å². The third-order valence-corrected chi connectivity index (χ3v) is 3.64. The number of carbonyl (C=O) groups excluding carboxylic acids is 1. The van der Waals surface area contributed by atoms with E-state index in [2.05, 4.69) is 5.32 Å². The summed E-state index contributed by atoms with van der Waals surface area (Å²) in [5, 5.41) is 11.3. The number of carbonyl (C=O) groups is 2. The van der Waals surface area contributed by atoms with Gasteiger partial charge >= 0.3 is 5.97 Å². The lowest BCUT2D eigenvalue weighted by molar-refractivity contribution is -0.129. The maximum atomic E-state index is 13.5. The van der Waals surface area contributed by atoms with Gasteiger partial charge in [-0.1, -0.05) is 6.42 Å². The molecule has 0 aliphatic heterocycles. The average molecular weight is 266 g/mol. The average Bonchev–Trinajstić information content (AvgIpc) is 2.27. The zero-order valence-electron chi connectivity index (χ0n) is 10.3. The number of anilines is 1. The highest BCUT2D eigenvalue weighted by atomic mass is 19.1. The second kappa shape index (κ2) is 4.97. The summed E-state index contributed by atoms with van der Waals surface area (Å²) in [5.41, 5.74) is 4.87. The van der Waals surface area contributed by atoms with Crippen LogP contribution in [0.15, 0.2) is 18.2 Å². The Bertz CT molecular complexity index is 521. The number of aromatic carboxylic acids is 1. The number of hydrogen-bond donors (Lipinski definition) is 3. The first-order valence-electron chi connectivity index (χ1n) is 6.03. The number of amides is 1. The highest BCUT2D eigenvalue weighted by Crippen LogP contribution is 2.40. The van der Waals surface area contributed by atoms with Gasteiger partial charge < -0.3 is 16.2 Å². The third kappa shape index (κ3) is 2.44. The number of carboxylic acid groups (broad SMARTS) is 1. The zero-order chi connectivity index (χ0) is 14.0. The highest BCUT2D eigenvalue weighted by Gasteiger charge is 2.42. The van der Waals surface area contributed by atoms with Crippen LogP contribution in [0.25, 0.3) is 0 Å². The minimum atomic E-state index is -1.34. The summed E-state index contributed by atoms with van der Waals surface area (Å²) in [6, 6.07) is 3.50. The maximum absolute atomic E-state index is 13.5. The molecule has 0 spiro atoms. The summed E-state index contributed by atoms with van der Waals surface area (Å²) < 4.78 is 13.5. The van der Waals surface area contributed by atoms with E-state index in [1.165, 1.54) is 6.07 Å². The Hall–Kier alpha value is -1.95. The summed E-state index contributed by atoms with van der Waals surface area (Å²) in [5.74, 6) is -2.45. The predicted molar refractivity (Wildman–Crippen MR) is 67.3 cm³/mol. The van der Waals surface area contributed by atoms with Gasteiger partial charge in [-0.15, -0.1) is 0 Å². The molecule has 1 aromatic rings. The fraction of sp³-hybridized carbons (Fsp3) is 0.385. The number of nitrogens with two attached hydrogens (primary N) is 1. The molecule has 4 N–H and O–H groups in total. The quantitative estimate of drug-likeness (QED) is 0.771. The highest BCUT2D eigenvalue weighted by molar-refractivity contribution is 5.96. The normalized spacial score (nSPS) is 16.5. The molecule has 5 nitrogen and oxygen atoms in total. The second-order valence-corrected chi connectivity index (χ2v) is 4.79. The van der Waals surface area contributed by atoms with Gasteiger partial charge in [0.2, 0.25) is 5.91 Å². The summed E-state index contributed by atoms with van der Waals surface area (Å²) in [7, 11) is 0. The molecule has 1 fully saturated rings. The van der Waals surface area contributed by atoms with Crippen LogP contribution in [0.4, 0.5) is 10.1 Å². The van der Waals surface area contributed by atoms with E-state index in [0.717, 1.165) is 31.4 Å². The van der Waals surface area contributed by atoms with Gasteiger partial charge in [-0.25, -0.2) is 9.18 Å². The summed E-state index contributed by atoms with van der Waals surface area (Å²) in [6.07, 6.45) is 2.41. The molecule has 0 saturated heterocycles. The molecule has 0 aromatic heterocycles. The minimum absolute atomic E-state index is 0.233. The van der Waals surface area contributed by atoms with Crippen LogP contribution in [0, 0.1) is 11.2 Å². The molecule has 0 unspecified atom stereocenters. The van der Waals surface area contributed by atoms with Crippen LogP contribution >= 0.6 is 0 Å². The zero-order valence-corrected chi connectivity index (χ0v) is 10.3. The van der Waals surface area contributed by atoms with Gasteiger partial charge in [-0.05, 0) is 31.0 Å². The van der Waals surface area contributed by atoms with E-state index >= 15 is 0 Å². The smallest absolute Gasteiger partial charge is 0.338 e. The largest absolute Gasteiger partial charge is 0.478 e. The monoisotopic (exact) mass is 266 g/mol. The van der Waals surface area contributed by atoms with Crippen LogP contribution in [0.1, 0.15) is 29.6 Å². The van der Waals surface area contributed by atoms with E-state index in [9.17, 15) is 14.0 Å². The van der Waals surface area contributed by atoms with Crippen molar-refractivity contribution in [2.75, 3.05) is 11.9 Å². The molecule has 102 valence electrons. The van der Waals surface area contributed by atoms with Crippen molar-refractivity contribution in [1.82, 2.24) is 0 Å². The van der Waals surface area contributed by atoms with Crippen molar-refractivity contribution in [2.45, 2.75) is 19.3 Å². The van der Waals surface area contributed by atoms with Gasteiger partial charge in [0.1, 0.15) is 5.82 Å². The van der Waals surface area contributed by atoms with Crippen LogP contribution in [0.2, 0.25) is 0 Å². The van der Waals surface area contributed by atoms with Crippen LogP contribution < -0.4 is 11.1 Å². The molecule has 1 aliphatic carbocycles. The van der Waals surface area contributed by atoms with Gasteiger partial charge in [0.05, 0.1) is 11.0 Å². The Morgan fingerprint density at radius 2 is 2.11 bits per heavy atom. The fourth-order valence-electron chi connectivity index (χ4n) is 2.16. The van der Waals surface area contributed by atoms with Gasteiger partial charge in [-0.3, -0.25) is 4.79 Å². The number of nitrogens with one attached hydrogen (secondary N) is 1. The van der Waals surface area contributed by atoms with Gasteiger partial charge in [0.15, 0.2) is 0 Å². The Balaban J connectivity index is 2.14. The number of hydrogen-bond acceptors (Lipinski definition) is 3. The lowest BCUT2D eigenvalue weighted by Crippen LogP contribution is -2.47. The Labute approximate surface area is 109 Å². The first-order valence-corrected chi connectivity index (χ1v) is 6.03. The molecule has 19 heavy (non-hydrogen) atoms. The summed E-state index contributed by atoms with van der Waals surface area (Å²) >= 11 is 0. The van der Waals surface area contributed by atoms with E-state index < -0.39 is 22.8 Å². The van der Waals surface area contributed by atoms with E-state index in [1.54, 1.807) is 0 Å². The topological polar surface area (TPSA) is 92.4 Å². The van der Waals surface area contributed by atoms with Crippen molar-refractivity contribution in [3.05, 3.63) is 29.6 Å². The molecular formula is C13H15FN2O3. The van der Waals surface area contributed by atoms with Crippen molar-refractivity contribution in [3.63, 3.8) is 0 Å². The van der Waals surface area contributed by atoms with E-state index in [4.69, 9.17) is 10.8 Å². The molecular weight excluding hydrogens is 251 g/mol. The maximum Gasteiger partial charge on any atom is 0.338 e. The van der Waals surface area contributed by atoms with E-state index in [-0.39, 0.29) is 18.1 Å². The molecule has 0 atom stereocenters. The van der Waals surface area contributed by atoms with Crippen molar-refractivity contribution in [3.8, 4) is 0 Å². The molecule has 1 aromatic carbocycles. The molecule has 2 rings (SSSR count). The Kier molecular flexibility index (Phi) is 3.53. The number of rotatable bonds is 4. The van der Waals surface area contributed by atoms with E-state index in [1.807, 2.05) is 0 Å². The Morgan fingerprint density at radius 1 is 1.42 bits per heavy atom. The lowest BCUT2D eigenvalue weighted by Gasteiger charge is -2.39. The van der Waals surface area contributed by atoms with Crippen molar-refractivity contribution < 1.29 is 19.1 Å². The van der Waals surface area contributed by atoms with Crippen LogP contribution in [0.5, 0.6) is 0 Å². The fourth-order valence-corrected chi connectivity index (χ4v) is 2.16. The first-order chi connectivity index (χ1) is 8.98.